The van der Waals surface area contributed by atoms with Crippen LogP contribution in [0.3, 0.4) is 0 Å². The minimum absolute atomic E-state index is 0.0810. The van der Waals surface area contributed by atoms with Gasteiger partial charge in [0.2, 0.25) is 0 Å². The van der Waals surface area contributed by atoms with E-state index in [2.05, 4.69) is 56.1 Å². The molecule has 1 fully saturated rings. The quantitative estimate of drug-likeness (QED) is 0.485. The number of nitrogens with zero attached hydrogens (tertiary/aromatic N) is 2. The molecule has 1 aliphatic heterocycles. The highest BCUT2D eigenvalue weighted by Gasteiger charge is 2.31. The number of nitriles is 1. The third-order valence-electron chi connectivity index (χ3n) is 6.45. The van der Waals surface area contributed by atoms with Gasteiger partial charge >= 0.3 is 5.97 Å². The molecule has 1 aliphatic rings. The molecular formula is C28H37N3O3. The van der Waals surface area contributed by atoms with Crippen molar-refractivity contribution in [2.45, 2.75) is 71.6 Å². The largest absolute Gasteiger partial charge is 0.488 e. The number of nitrogens with one attached hydrogen (secondary N) is 1. The van der Waals surface area contributed by atoms with Gasteiger partial charge in [-0.3, -0.25) is 4.90 Å². The van der Waals surface area contributed by atoms with Crippen molar-refractivity contribution in [1.82, 2.24) is 4.90 Å². The van der Waals surface area contributed by atoms with E-state index in [0.29, 0.717) is 11.6 Å². The zero-order chi connectivity index (χ0) is 24.7. The molecule has 3 rings (SSSR count). The number of benzene rings is 2. The monoisotopic (exact) mass is 463 g/mol. The van der Waals surface area contributed by atoms with Crippen LogP contribution in [0, 0.1) is 11.3 Å². The fraction of sp³-hybridized carbons (Fsp3) is 0.500. The van der Waals surface area contributed by atoms with E-state index in [1.54, 1.807) is 12.1 Å². The lowest BCUT2D eigenvalue weighted by Crippen LogP contribution is -2.31. The highest BCUT2D eigenvalue weighted by molar-refractivity contribution is 5.82. The summed E-state index contributed by atoms with van der Waals surface area (Å²) in [6.45, 7) is 10.6. The second kappa shape index (κ2) is 11.9. The Labute approximate surface area is 203 Å². The Balaban J connectivity index is 2.04. The lowest BCUT2D eigenvalue weighted by molar-refractivity contribution is -0.141. The second-order valence-corrected chi connectivity index (χ2v) is 9.18. The molecule has 2 aromatic rings. The fourth-order valence-electron chi connectivity index (χ4n) is 4.47. The Morgan fingerprint density at radius 3 is 2.53 bits per heavy atom. The van der Waals surface area contributed by atoms with E-state index < -0.39 is 6.04 Å². The van der Waals surface area contributed by atoms with Crippen LogP contribution in [-0.2, 0) is 22.4 Å². The summed E-state index contributed by atoms with van der Waals surface area (Å²) in [5, 5.41) is 12.4. The molecule has 1 heterocycles. The van der Waals surface area contributed by atoms with Crippen LogP contribution in [0.4, 0.5) is 5.69 Å². The van der Waals surface area contributed by atoms with Crippen LogP contribution in [0.5, 0.6) is 5.75 Å². The van der Waals surface area contributed by atoms with Gasteiger partial charge < -0.3 is 14.8 Å². The van der Waals surface area contributed by atoms with Crippen molar-refractivity contribution in [3.05, 3.63) is 58.7 Å². The van der Waals surface area contributed by atoms with Crippen molar-refractivity contribution in [3.63, 3.8) is 0 Å². The predicted octanol–water partition coefficient (Wildman–Crippen LogP) is 5.26. The fourth-order valence-corrected chi connectivity index (χ4v) is 4.47. The van der Waals surface area contributed by atoms with Crippen LogP contribution >= 0.6 is 0 Å². The first-order valence-electron chi connectivity index (χ1n) is 12.3. The van der Waals surface area contributed by atoms with E-state index in [1.807, 2.05) is 12.1 Å². The lowest BCUT2D eigenvalue weighted by Gasteiger charge is -2.26. The first-order valence-corrected chi connectivity index (χ1v) is 12.3. The van der Waals surface area contributed by atoms with Crippen molar-refractivity contribution in [3.8, 4) is 11.8 Å². The van der Waals surface area contributed by atoms with E-state index in [9.17, 15) is 4.79 Å². The Kier molecular flexibility index (Phi) is 8.95. The summed E-state index contributed by atoms with van der Waals surface area (Å²) < 4.78 is 11.9. The summed E-state index contributed by atoms with van der Waals surface area (Å²) >= 11 is 0. The lowest BCUT2D eigenvalue weighted by atomic mass is 9.94. The minimum Gasteiger partial charge on any atom is -0.488 e. The van der Waals surface area contributed by atoms with Gasteiger partial charge in [-0.15, -0.1) is 0 Å². The number of methoxy groups -OCH3 is 1. The van der Waals surface area contributed by atoms with Crippen molar-refractivity contribution < 1.29 is 14.3 Å². The molecule has 2 atom stereocenters. The molecule has 6 heteroatoms. The van der Waals surface area contributed by atoms with E-state index in [0.717, 1.165) is 66.9 Å². The van der Waals surface area contributed by atoms with Crippen molar-refractivity contribution in [2.75, 3.05) is 25.5 Å². The summed E-state index contributed by atoms with van der Waals surface area (Å²) in [7, 11) is 1.41. The van der Waals surface area contributed by atoms with E-state index in [4.69, 9.17) is 14.7 Å². The summed E-state index contributed by atoms with van der Waals surface area (Å²) in [6.07, 6.45) is 3.76. The normalized spacial score (nSPS) is 16.8. The molecule has 1 saturated heterocycles. The van der Waals surface area contributed by atoms with Crippen LogP contribution in [0.1, 0.15) is 68.8 Å². The Bertz CT molecular complexity index is 1010. The molecule has 0 saturated carbocycles. The first-order chi connectivity index (χ1) is 16.4. The number of carbonyl (C=O) groups is 1. The van der Waals surface area contributed by atoms with Crippen molar-refractivity contribution in [2.24, 2.45) is 0 Å². The molecule has 0 bridgehead atoms. The summed E-state index contributed by atoms with van der Waals surface area (Å²) in [5.74, 6) is 0.423. The minimum atomic E-state index is -0.724. The van der Waals surface area contributed by atoms with Gasteiger partial charge in [-0.25, -0.2) is 4.79 Å². The molecule has 0 aliphatic carbocycles. The molecule has 0 aromatic heterocycles. The van der Waals surface area contributed by atoms with Crippen LogP contribution in [0.2, 0.25) is 0 Å². The zero-order valence-electron chi connectivity index (χ0n) is 21.1. The number of ether oxygens (including phenoxy) is 2. The molecule has 6 nitrogen and oxygen atoms in total. The highest BCUT2D eigenvalue weighted by atomic mass is 16.5. The number of esters is 1. The number of rotatable bonds is 10. The van der Waals surface area contributed by atoms with Crippen LogP contribution in [0.15, 0.2) is 36.4 Å². The summed E-state index contributed by atoms with van der Waals surface area (Å²) in [5.41, 5.74) is 4.42. The number of carbonyl (C=O) groups excluding carboxylic acids is 1. The van der Waals surface area contributed by atoms with Crippen molar-refractivity contribution >= 4 is 11.7 Å². The molecule has 0 radical (unpaired) electrons. The van der Waals surface area contributed by atoms with E-state index in [1.165, 1.54) is 7.11 Å². The van der Waals surface area contributed by atoms with Gasteiger partial charge in [0.05, 0.1) is 18.7 Å². The topological polar surface area (TPSA) is 74.6 Å². The maximum Gasteiger partial charge on any atom is 0.333 e. The zero-order valence-corrected chi connectivity index (χ0v) is 21.1. The molecule has 2 unspecified atom stereocenters. The van der Waals surface area contributed by atoms with Crippen LogP contribution in [0.25, 0.3) is 0 Å². The number of hydrogen-bond donors (Lipinski definition) is 1. The molecule has 34 heavy (non-hydrogen) atoms. The molecule has 0 amide bonds. The standard InChI is InChI=1S/C28H37N3O3/c1-6-8-22-15-20(7-2)16-25(27(22)34-24-13-14-31(18-24)19(3)4)26(28(32)33-5)30-23-11-9-21(17-29)10-12-23/h9-12,15-16,19,24,26,30H,6-8,13-14,18H2,1-5H3. The van der Waals surface area contributed by atoms with Gasteiger partial charge in [0.15, 0.2) is 6.04 Å². The average Bonchev–Trinajstić information content (AvgIpc) is 3.32. The van der Waals surface area contributed by atoms with Crippen molar-refractivity contribution in [1.29, 1.82) is 5.26 Å². The average molecular weight is 464 g/mol. The van der Waals surface area contributed by atoms with Gasteiger partial charge in [-0.1, -0.05) is 26.3 Å². The second-order valence-electron chi connectivity index (χ2n) is 9.18. The predicted molar refractivity (Wildman–Crippen MR) is 135 cm³/mol. The maximum absolute atomic E-state index is 13.0. The number of likely N-dealkylation sites (tertiary alicyclic amines) is 1. The molecular weight excluding hydrogens is 426 g/mol. The third-order valence-corrected chi connectivity index (χ3v) is 6.45. The summed E-state index contributed by atoms with van der Waals surface area (Å²) in [4.78, 5) is 15.5. The Morgan fingerprint density at radius 2 is 1.97 bits per heavy atom. The molecule has 182 valence electrons. The number of hydrogen-bond acceptors (Lipinski definition) is 6. The highest BCUT2D eigenvalue weighted by Crippen LogP contribution is 2.36. The Hall–Kier alpha value is -3.04. The Morgan fingerprint density at radius 1 is 1.24 bits per heavy atom. The first kappa shape index (κ1) is 25.6. The summed E-state index contributed by atoms with van der Waals surface area (Å²) in [6, 6.07) is 13.3. The van der Waals surface area contributed by atoms with E-state index in [-0.39, 0.29) is 12.1 Å². The SMILES string of the molecule is CCCc1cc(CC)cc(C(Nc2ccc(C#N)cc2)C(=O)OC)c1OC1CCN(C(C)C)C1. The number of anilines is 1. The van der Waals surface area contributed by atoms with E-state index >= 15 is 0 Å². The van der Waals surface area contributed by atoms with Crippen LogP contribution in [-0.4, -0.2) is 43.2 Å². The van der Waals surface area contributed by atoms with Crippen LogP contribution < -0.4 is 10.1 Å². The smallest absolute Gasteiger partial charge is 0.333 e. The maximum atomic E-state index is 13.0. The number of aryl methyl sites for hydroxylation is 2. The van der Waals surface area contributed by atoms with Gasteiger partial charge in [-0.05, 0) is 74.6 Å². The molecule has 0 spiro atoms. The van der Waals surface area contributed by atoms with Gasteiger partial charge in [0.25, 0.3) is 0 Å². The van der Waals surface area contributed by atoms with Gasteiger partial charge in [0.1, 0.15) is 11.9 Å². The third kappa shape index (κ3) is 6.09. The molecule has 1 N–H and O–H groups in total. The van der Waals surface area contributed by atoms with Gasteiger partial charge in [-0.2, -0.15) is 5.26 Å². The van der Waals surface area contributed by atoms with Gasteiger partial charge in [0, 0.05) is 30.4 Å². The molecule has 2 aromatic carbocycles.